The molecule has 1 aliphatic heterocycles. The number of fused-ring (bicyclic) bond motifs is 3. The van der Waals surface area contributed by atoms with E-state index in [9.17, 15) is 4.79 Å². The molecule has 1 atom stereocenters. The third-order valence-electron chi connectivity index (χ3n) is 5.69. The molecule has 2 aliphatic rings. The lowest BCUT2D eigenvalue weighted by molar-refractivity contribution is 0.103. The van der Waals surface area contributed by atoms with E-state index >= 15 is 0 Å². The van der Waals surface area contributed by atoms with Crippen molar-refractivity contribution in [2.75, 3.05) is 5.32 Å². The van der Waals surface area contributed by atoms with E-state index in [-0.39, 0.29) is 16.4 Å². The van der Waals surface area contributed by atoms with Gasteiger partial charge in [0.15, 0.2) is 5.78 Å². The summed E-state index contributed by atoms with van der Waals surface area (Å²) in [7, 11) is 0. The topological polar surface area (TPSA) is 29.1 Å². The quantitative estimate of drug-likeness (QED) is 0.487. The maximum atomic E-state index is 13.4. The van der Waals surface area contributed by atoms with Gasteiger partial charge in [0.1, 0.15) is 0 Å². The number of thioether (sulfide) groups is 1. The Bertz CT molecular complexity index is 1150. The second-order valence-electron chi connectivity index (χ2n) is 8.65. The molecule has 0 saturated heterocycles. The average Bonchev–Trinajstić information content (AvgIpc) is 2.88. The number of rotatable bonds is 1. The van der Waals surface area contributed by atoms with E-state index in [1.807, 2.05) is 30.3 Å². The normalized spacial score (nSPS) is 17.9. The predicted molar refractivity (Wildman–Crippen MR) is 121 cm³/mol. The van der Waals surface area contributed by atoms with Crippen LogP contribution in [0.3, 0.4) is 0 Å². The highest BCUT2D eigenvalue weighted by molar-refractivity contribution is 8.00. The summed E-state index contributed by atoms with van der Waals surface area (Å²) in [6.45, 7) is 6.67. The van der Waals surface area contributed by atoms with Crippen LogP contribution in [-0.2, 0) is 5.41 Å². The summed E-state index contributed by atoms with van der Waals surface area (Å²) >= 11 is 1.75. The van der Waals surface area contributed by atoms with Crippen molar-refractivity contribution in [2.24, 2.45) is 0 Å². The molecular formula is C26H23NOS. The Balaban J connectivity index is 1.68. The van der Waals surface area contributed by atoms with Crippen LogP contribution in [0.15, 0.2) is 83.3 Å². The first-order chi connectivity index (χ1) is 13.9. The molecular weight excluding hydrogens is 374 g/mol. The van der Waals surface area contributed by atoms with Crippen molar-refractivity contribution in [3.05, 3.63) is 101 Å². The third kappa shape index (κ3) is 3.01. The standard InChI is InChI=1S/C26H23NOS/c1-26(2,3)17-14-12-16(13-15-17)25-22-23(18-8-4-5-9-19(18)24(22)28)27-20-10-6-7-11-21(20)29-25/h4-15,25,27H,1-3H3/t25-/m1/s1. The molecule has 5 rings (SSSR count). The van der Waals surface area contributed by atoms with Gasteiger partial charge in [0, 0.05) is 21.6 Å². The second kappa shape index (κ2) is 6.64. The van der Waals surface area contributed by atoms with Crippen LogP contribution < -0.4 is 5.32 Å². The SMILES string of the molecule is CC(C)(C)c1ccc([C@H]2Sc3ccccc3NC3=C2C(=O)c2ccccc23)cc1. The molecule has 3 heteroatoms. The summed E-state index contributed by atoms with van der Waals surface area (Å²) in [4.78, 5) is 14.6. The van der Waals surface area contributed by atoms with Crippen molar-refractivity contribution < 1.29 is 4.79 Å². The molecule has 0 fully saturated rings. The molecule has 1 N–H and O–H groups in total. The first-order valence-electron chi connectivity index (χ1n) is 9.95. The summed E-state index contributed by atoms with van der Waals surface area (Å²) in [5.41, 5.74) is 7.23. The Hall–Kier alpha value is -2.78. The first kappa shape index (κ1) is 18.3. The van der Waals surface area contributed by atoms with Crippen molar-refractivity contribution in [1.82, 2.24) is 0 Å². The summed E-state index contributed by atoms with van der Waals surface area (Å²) in [5.74, 6) is 0.133. The van der Waals surface area contributed by atoms with Crippen LogP contribution in [0.2, 0.25) is 0 Å². The van der Waals surface area contributed by atoms with Gasteiger partial charge in [-0.1, -0.05) is 81.4 Å². The number of hydrogen-bond acceptors (Lipinski definition) is 3. The number of hydrogen-bond donors (Lipinski definition) is 1. The van der Waals surface area contributed by atoms with Gasteiger partial charge in [0.05, 0.1) is 16.6 Å². The van der Waals surface area contributed by atoms with E-state index in [0.717, 1.165) is 38.5 Å². The van der Waals surface area contributed by atoms with E-state index in [1.165, 1.54) is 5.56 Å². The van der Waals surface area contributed by atoms with Crippen molar-refractivity contribution in [1.29, 1.82) is 0 Å². The molecule has 29 heavy (non-hydrogen) atoms. The maximum absolute atomic E-state index is 13.4. The largest absolute Gasteiger partial charge is 0.354 e. The number of para-hydroxylation sites is 1. The van der Waals surface area contributed by atoms with E-state index < -0.39 is 0 Å². The van der Waals surface area contributed by atoms with E-state index in [1.54, 1.807) is 11.8 Å². The highest BCUT2D eigenvalue weighted by atomic mass is 32.2. The Morgan fingerprint density at radius 3 is 2.21 bits per heavy atom. The molecule has 1 aliphatic carbocycles. The van der Waals surface area contributed by atoms with E-state index in [4.69, 9.17) is 0 Å². The van der Waals surface area contributed by atoms with Gasteiger partial charge >= 0.3 is 0 Å². The Labute approximate surface area is 176 Å². The molecule has 0 radical (unpaired) electrons. The van der Waals surface area contributed by atoms with Gasteiger partial charge in [0.25, 0.3) is 0 Å². The van der Waals surface area contributed by atoms with Crippen LogP contribution in [-0.4, -0.2) is 5.78 Å². The van der Waals surface area contributed by atoms with Crippen LogP contribution >= 0.6 is 11.8 Å². The van der Waals surface area contributed by atoms with Gasteiger partial charge in [-0.3, -0.25) is 4.79 Å². The zero-order valence-electron chi connectivity index (χ0n) is 16.8. The molecule has 3 aromatic carbocycles. The van der Waals surface area contributed by atoms with Crippen LogP contribution in [0.4, 0.5) is 5.69 Å². The lowest BCUT2D eigenvalue weighted by Gasteiger charge is -2.21. The fourth-order valence-electron chi connectivity index (χ4n) is 4.07. The summed E-state index contributed by atoms with van der Waals surface area (Å²) in [6.07, 6.45) is 0. The minimum atomic E-state index is -0.0462. The molecule has 0 aromatic heterocycles. The van der Waals surface area contributed by atoms with Crippen LogP contribution in [0.1, 0.15) is 53.1 Å². The molecule has 2 nitrogen and oxygen atoms in total. The molecule has 144 valence electrons. The number of benzene rings is 3. The van der Waals surface area contributed by atoms with Crippen molar-refractivity contribution in [3.8, 4) is 0 Å². The van der Waals surface area contributed by atoms with Crippen LogP contribution in [0.5, 0.6) is 0 Å². The second-order valence-corrected chi connectivity index (χ2v) is 9.80. The number of Topliss-reactive ketones (excluding diaryl/α,β-unsaturated/α-hetero) is 1. The Morgan fingerprint density at radius 1 is 0.828 bits per heavy atom. The molecule has 0 spiro atoms. The van der Waals surface area contributed by atoms with E-state index in [2.05, 4.69) is 68.6 Å². The lowest BCUT2D eigenvalue weighted by Crippen LogP contribution is -2.12. The fraction of sp³-hybridized carbons (Fsp3) is 0.192. The molecule has 0 unspecified atom stereocenters. The Kier molecular flexibility index (Phi) is 4.18. The number of carbonyl (C=O) groups excluding carboxylic acids is 1. The molecule has 3 aromatic rings. The van der Waals surface area contributed by atoms with Crippen LogP contribution in [0.25, 0.3) is 5.70 Å². The van der Waals surface area contributed by atoms with Crippen molar-refractivity contribution in [3.63, 3.8) is 0 Å². The first-order valence-corrected chi connectivity index (χ1v) is 10.8. The highest BCUT2D eigenvalue weighted by Crippen LogP contribution is 2.52. The number of carbonyl (C=O) groups is 1. The summed E-state index contributed by atoms with van der Waals surface area (Å²) in [5, 5.41) is 3.54. The molecule has 0 bridgehead atoms. The van der Waals surface area contributed by atoms with Crippen molar-refractivity contribution >= 4 is 28.9 Å². The van der Waals surface area contributed by atoms with Gasteiger partial charge in [-0.2, -0.15) is 0 Å². The van der Waals surface area contributed by atoms with Gasteiger partial charge in [-0.25, -0.2) is 0 Å². The minimum absolute atomic E-state index is 0.0462. The number of nitrogens with one attached hydrogen (secondary N) is 1. The monoisotopic (exact) mass is 397 g/mol. The highest BCUT2D eigenvalue weighted by Gasteiger charge is 2.38. The smallest absolute Gasteiger partial charge is 0.193 e. The summed E-state index contributed by atoms with van der Waals surface area (Å²) < 4.78 is 0. The van der Waals surface area contributed by atoms with Gasteiger partial charge in [0.2, 0.25) is 0 Å². The van der Waals surface area contributed by atoms with E-state index in [0.29, 0.717) is 0 Å². The molecule has 0 saturated carbocycles. The molecule has 0 amide bonds. The van der Waals surface area contributed by atoms with Gasteiger partial charge in [-0.15, -0.1) is 11.8 Å². The zero-order valence-corrected chi connectivity index (χ0v) is 17.6. The minimum Gasteiger partial charge on any atom is -0.354 e. The van der Waals surface area contributed by atoms with Crippen LogP contribution in [0, 0.1) is 0 Å². The third-order valence-corrected chi connectivity index (χ3v) is 7.04. The Morgan fingerprint density at radius 2 is 1.48 bits per heavy atom. The molecule has 1 heterocycles. The van der Waals surface area contributed by atoms with Gasteiger partial charge in [-0.05, 0) is 28.7 Å². The number of anilines is 1. The maximum Gasteiger partial charge on any atom is 0.193 e. The fourth-order valence-corrected chi connectivity index (χ4v) is 5.37. The lowest BCUT2D eigenvalue weighted by atomic mass is 9.86. The van der Waals surface area contributed by atoms with Crippen molar-refractivity contribution in [2.45, 2.75) is 36.3 Å². The summed E-state index contributed by atoms with van der Waals surface area (Å²) in [6, 6.07) is 25.0. The van der Waals surface area contributed by atoms with Gasteiger partial charge < -0.3 is 5.32 Å². The average molecular weight is 398 g/mol. The zero-order chi connectivity index (χ0) is 20.2. The predicted octanol–water partition coefficient (Wildman–Crippen LogP) is 6.85. The number of ketones is 1.